The summed E-state index contributed by atoms with van der Waals surface area (Å²) >= 11 is 6.33. The molecule has 1 rings (SSSR count). The van der Waals surface area contributed by atoms with Crippen LogP contribution in [0, 0.1) is 0 Å². The molecular formula is C14H23ClN2. The second-order valence-electron chi connectivity index (χ2n) is 5.22. The van der Waals surface area contributed by atoms with E-state index in [9.17, 15) is 0 Å². The zero-order chi connectivity index (χ0) is 13.2. The quantitative estimate of drug-likeness (QED) is 0.881. The molecule has 3 heteroatoms. The molecule has 0 aliphatic rings. The van der Waals surface area contributed by atoms with Crippen LogP contribution in [-0.4, -0.2) is 12.6 Å². The van der Waals surface area contributed by atoms with Gasteiger partial charge in [-0.3, -0.25) is 0 Å². The van der Waals surface area contributed by atoms with Crippen LogP contribution in [0.5, 0.6) is 0 Å². The van der Waals surface area contributed by atoms with Crippen molar-refractivity contribution in [1.82, 2.24) is 0 Å². The minimum absolute atomic E-state index is 0.0195. The van der Waals surface area contributed by atoms with Gasteiger partial charge in [-0.05, 0) is 44.9 Å². The van der Waals surface area contributed by atoms with Crippen LogP contribution in [0.4, 0.5) is 5.69 Å². The summed E-state index contributed by atoms with van der Waals surface area (Å²) in [6.45, 7) is 8.57. The molecule has 0 heterocycles. The Hall–Kier alpha value is -0.730. The molecule has 2 nitrogen and oxygen atoms in total. The molecule has 1 aromatic rings. The number of nitrogens with zero attached hydrogens (tertiary/aromatic N) is 1. The summed E-state index contributed by atoms with van der Waals surface area (Å²) in [6, 6.07) is 6.09. The van der Waals surface area contributed by atoms with Gasteiger partial charge in [-0.25, -0.2) is 0 Å². The van der Waals surface area contributed by atoms with E-state index in [-0.39, 0.29) is 11.6 Å². The second-order valence-corrected chi connectivity index (χ2v) is 5.63. The highest BCUT2D eigenvalue weighted by molar-refractivity contribution is 6.33. The van der Waals surface area contributed by atoms with E-state index in [4.69, 9.17) is 17.3 Å². The number of rotatable bonds is 4. The summed E-state index contributed by atoms with van der Waals surface area (Å²) in [4.78, 5) is 2.22. The molecule has 0 amide bonds. The second kappa shape index (κ2) is 5.28. The fourth-order valence-electron chi connectivity index (χ4n) is 1.64. The van der Waals surface area contributed by atoms with Gasteiger partial charge < -0.3 is 10.6 Å². The van der Waals surface area contributed by atoms with E-state index < -0.39 is 0 Å². The van der Waals surface area contributed by atoms with E-state index in [0.717, 1.165) is 22.7 Å². The van der Waals surface area contributed by atoms with Crippen LogP contribution in [0.1, 0.15) is 45.7 Å². The molecule has 0 saturated carbocycles. The molecule has 0 radical (unpaired) electrons. The van der Waals surface area contributed by atoms with Crippen LogP contribution in [0.2, 0.25) is 5.02 Å². The summed E-state index contributed by atoms with van der Waals surface area (Å²) in [6.07, 6.45) is 1.06. The van der Waals surface area contributed by atoms with Gasteiger partial charge in [0.2, 0.25) is 0 Å². The van der Waals surface area contributed by atoms with Crippen molar-refractivity contribution in [3.8, 4) is 0 Å². The maximum atomic E-state index is 6.33. The predicted octanol–water partition coefficient (Wildman–Crippen LogP) is 3.98. The molecule has 2 N–H and O–H groups in total. The summed E-state index contributed by atoms with van der Waals surface area (Å²) in [7, 11) is 2.08. The third-order valence-electron chi connectivity index (χ3n) is 3.63. The Bertz CT molecular complexity index is 386. The first-order chi connectivity index (χ1) is 7.79. The van der Waals surface area contributed by atoms with E-state index in [0.29, 0.717) is 0 Å². The Morgan fingerprint density at radius 3 is 2.41 bits per heavy atom. The molecule has 17 heavy (non-hydrogen) atoms. The third kappa shape index (κ3) is 3.14. The van der Waals surface area contributed by atoms with E-state index in [2.05, 4.69) is 38.8 Å². The molecule has 0 aromatic heterocycles. The molecule has 1 unspecified atom stereocenters. The van der Waals surface area contributed by atoms with E-state index in [1.165, 1.54) is 0 Å². The summed E-state index contributed by atoms with van der Waals surface area (Å²) in [5.74, 6) is 0. The maximum absolute atomic E-state index is 6.33. The normalized spacial score (nSPS) is 13.6. The number of hydrogen-bond acceptors (Lipinski definition) is 2. The smallest absolute Gasteiger partial charge is 0.0642 e. The molecule has 0 bridgehead atoms. The summed E-state index contributed by atoms with van der Waals surface area (Å²) < 4.78 is 0. The average Bonchev–Trinajstić information content (AvgIpc) is 2.27. The van der Waals surface area contributed by atoms with Crippen LogP contribution in [-0.2, 0) is 0 Å². The van der Waals surface area contributed by atoms with Crippen molar-refractivity contribution in [3.05, 3.63) is 28.8 Å². The first kappa shape index (κ1) is 14.3. The average molecular weight is 255 g/mol. The lowest BCUT2D eigenvalue weighted by molar-refractivity contribution is 0.471. The van der Waals surface area contributed by atoms with Gasteiger partial charge >= 0.3 is 0 Å². The fraction of sp³-hybridized carbons (Fsp3) is 0.571. The minimum Gasteiger partial charge on any atom is -0.368 e. The van der Waals surface area contributed by atoms with Crippen molar-refractivity contribution in [3.63, 3.8) is 0 Å². The molecule has 96 valence electrons. The number of benzene rings is 1. The maximum Gasteiger partial charge on any atom is 0.0642 e. The van der Waals surface area contributed by atoms with Crippen LogP contribution in [0.3, 0.4) is 0 Å². The van der Waals surface area contributed by atoms with Gasteiger partial charge in [-0.15, -0.1) is 0 Å². The Balaban J connectivity index is 3.08. The number of halogens is 1. The molecule has 0 aliphatic carbocycles. The Morgan fingerprint density at radius 2 is 2.00 bits per heavy atom. The highest BCUT2D eigenvalue weighted by atomic mass is 35.5. The lowest BCUT2D eigenvalue weighted by Crippen LogP contribution is -2.40. The predicted molar refractivity (Wildman–Crippen MR) is 76.8 cm³/mol. The molecule has 0 aliphatic heterocycles. The topological polar surface area (TPSA) is 29.3 Å². The van der Waals surface area contributed by atoms with Gasteiger partial charge in [0.15, 0.2) is 0 Å². The van der Waals surface area contributed by atoms with Crippen molar-refractivity contribution in [2.45, 2.75) is 45.7 Å². The van der Waals surface area contributed by atoms with Gasteiger partial charge in [0.1, 0.15) is 0 Å². The molecule has 0 fully saturated rings. The highest BCUT2D eigenvalue weighted by Gasteiger charge is 2.23. The van der Waals surface area contributed by atoms with Gasteiger partial charge in [0, 0.05) is 18.6 Å². The number of nitrogens with two attached hydrogens (primary N) is 1. The van der Waals surface area contributed by atoms with Crippen LogP contribution in [0.25, 0.3) is 0 Å². The largest absolute Gasteiger partial charge is 0.368 e. The highest BCUT2D eigenvalue weighted by Crippen LogP contribution is 2.32. The van der Waals surface area contributed by atoms with Crippen molar-refractivity contribution in [2.75, 3.05) is 11.9 Å². The first-order valence-electron chi connectivity index (χ1n) is 6.08. The van der Waals surface area contributed by atoms with Crippen LogP contribution in [0.15, 0.2) is 18.2 Å². The van der Waals surface area contributed by atoms with Gasteiger partial charge in [-0.1, -0.05) is 24.6 Å². The fourth-order valence-corrected chi connectivity index (χ4v) is 1.96. The molecular weight excluding hydrogens is 232 g/mol. The first-order valence-corrected chi connectivity index (χ1v) is 6.46. The van der Waals surface area contributed by atoms with Crippen molar-refractivity contribution >= 4 is 17.3 Å². The zero-order valence-corrected chi connectivity index (χ0v) is 12.2. The summed E-state index contributed by atoms with van der Waals surface area (Å²) in [5.41, 5.74) is 8.07. The van der Waals surface area contributed by atoms with E-state index >= 15 is 0 Å². The lowest BCUT2D eigenvalue weighted by Gasteiger charge is -2.37. The van der Waals surface area contributed by atoms with Crippen molar-refractivity contribution in [1.29, 1.82) is 0 Å². The molecule has 0 spiro atoms. The SMILES string of the molecule is CCC(C)(C)N(C)c1ccc(C(C)N)cc1Cl. The van der Waals surface area contributed by atoms with Crippen molar-refractivity contribution < 1.29 is 0 Å². The monoisotopic (exact) mass is 254 g/mol. The standard InChI is InChI=1S/C14H23ClN2/c1-6-14(3,4)17(5)13-8-7-11(10(2)16)9-12(13)15/h7-10H,6,16H2,1-5H3. The summed E-state index contributed by atoms with van der Waals surface area (Å²) in [5, 5.41) is 0.767. The van der Waals surface area contributed by atoms with Gasteiger partial charge in [-0.2, -0.15) is 0 Å². The Morgan fingerprint density at radius 1 is 1.41 bits per heavy atom. The molecule has 1 aromatic carbocycles. The zero-order valence-electron chi connectivity index (χ0n) is 11.4. The Kier molecular flexibility index (Phi) is 4.45. The van der Waals surface area contributed by atoms with Gasteiger partial charge in [0.25, 0.3) is 0 Å². The minimum atomic E-state index is 0.0195. The van der Waals surface area contributed by atoms with Crippen LogP contribution < -0.4 is 10.6 Å². The van der Waals surface area contributed by atoms with Crippen LogP contribution >= 0.6 is 11.6 Å². The Labute approximate surface area is 110 Å². The van der Waals surface area contributed by atoms with E-state index in [1.807, 2.05) is 19.1 Å². The number of anilines is 1. The third-order valence-corrected chi connectivity index (χ3v) is 3.93. The van der Waals surface area contributed by atoms with Gasteiger partial charge in [0.05, 0.1) is 10.7 Å². The van der Waals surface area contributed by atoms with Crippen molar-refractivity contribution in [2.24, 2.45) is 5.73 Å². The lowest BCUT2D eigenvalue weighted by atomic mass is 9.98. The molecule has 1 atom stereocenters. The van der Waals surface area contributed by atoms with E-state index in [1.54, 1.807) is 0 Å². The molecule has 0 saturated heterocycles. The number of hydrogen-bond donors (Lipinski definition) is 1.